The fourth-order valence-corrected chi connectivity index (χ4v) is 3.51. The molecule has 24 heavy (non-hydrogen) atoms. The standard InChI is InChI=1S/C17H20N4O2S/c1-3-5-13-16(24-20-19-13)17(23)18-12-7-8-14(11(2)10-12)21-9-4-6-15(21)22/h7-8,10H,3-6,9H2,1-2H3,(H,18,23). The van der Waals surface area contributed by atoms with Gasteiger partial charge in [0, 0.05) is 24.3 Å². The Kier molecular flexibility index (Phi) is 4.89. The van der Waals surface area contributed by atoms with Crippen LogP contribution in [-0.2, 0) is 11.2 Å². The average Bonchev–Trinajstić information content (AvgIpc) is 3.17. The van der Waals surface area contributed by atoms with Gasteiger partial charge in [0.05, 0.1) is 5.69 Å². The number of aryl methyl sites for hydroxylation is 2. The van der Waals surface area contributed by atoms with E-state index in [1.54, 1.807) is 0 Å². The monoisotopic (exact) mass is 344 g/mol. The first-order valence-corrected chi connectivity index (χ1v) is 8.91. The highest BCUT2D eigenvalue weighted by Crippen LogP contribution is 2.28. The first kappa shape index (κ1) is 16.6. The van der Waals surface area contributed by atoms with E-state index in [1.165, 1.54) is 0 Å². The fraction of sp³-hybridized carbons (Fsp3) is 0.412. The van der Waals surface area contributed by atoms with E-state index in [4.69, 9.17) is 0 Å². The molecular weight excluding hydrogens is 324 g/mol. The molecule has 3 rings (SSSR count). The van der Waals surface area contributed by atoms with Gasteiger partial charge in [0.1, 0.15) is 4.88 Å². The van der Waals surface area contributed by atoms with Gasteiger partial charge in [-0.15, -0.1) is 5.10 Å². The molecule has 1 aliphatic rings. The van der Waals surface area contributed by atoms with Crippen LogP contribution in [0.4, 0.5) is 11.4 Å². The van der Waals surface area contributed by atoms with Gasteiger partial charge in [-0.25, -0.2) is 0 Å². The Morgan fingerprint density at radius 3 is 2.92 bits per heavy atom. The molecule has 2 heterocycles. The number of hydrogen-bond donors (Lipinski definition) is 1. The smallest absolute Gasteiger partial charge is 0.269 e. The van der Waals surface area contributed by atoms with E-state index in [0.29, 0.717) is 17.0 Å². The molecule has 1 aromatic carbocycles. The zero-order chi connectivity index (χ0) is 17.1. The summed E-state index contributed by atoms with van der Waals surface area (Å²) in [6.45, 7) is 4.76. The Hall–Kier alpha value is -2.28. The second-order valence-corrected chi connectivity index (χ2v) is 6.66. The van der Waals surface area contributed by atoms with E-state index in [-0.39, 0.29) is 11.8 Å². The normalized spacial score (nSPS) is 14.2. The second kappa shape index (κ2) is 7.09. The van der Waals surface area contributed by atoms with Crippen molar-refractivity contribution in [1.82, 2.24) is 9.59 Å². The number of hydrogen-bond acceptors (Lipinski definition) is 5. The minimum atomic E-state index is -0.183. The van der Waals surface area contributed by atoms with Crippen molar-refractivity contribution in [2.75, 3.05) is 16.8 Å². The molecular formula is C17H20N4O2S. The number of carbonyl (C=O) groups is 2. The molecule has 6 nitrogen and oxygen atoms in total. The van der Waals surface area contributed by atoms with E-state index < -0.39 is 0 Å². The molecule has 0 radical (unpaired) electrons. The third-order valence-electron chi connectivity index (χ3n) is 4.07. The van der Waals surface area contributed by atoms with Crippen LogP contribution in [-0.4, -0.2) is 27.9 Å². The van der Waals surface area contributed by atoms with Gasteiger partial charge in [-0.3, -0.25) is 9.59 Å². The summed E-state index contributed by atoms with van der Waals surface area (Å²) in [5.74, 6) is -0.0207. The van der Waals surface area contributed by atoms with E-state index in [9.17, 15) is 9.59 Å². The SMILES string of the molecule is CCCc1nnsc1C(=O)Nc1ccc(N2CCCC2=O)c(C)c1. The number of anilines is 2. The molecule has 0 aliphatic carbocycles. The largest absolute Gasteiger partial charge is 0.321 e. The molecule has 0 spiro atoms. The summed E-state index contributed by atoms with van der Waals surface area (Å²) in [4.78, 5) is 26.7. The van der Waals surface area contributed by atoms with Crippen molar-refractivity contribution >= 4 is 34.7 Å². The summed E-state index contributed by atoms with van der Waals surface area (Å²) < 4.78 is 3.88. The van der Waals surface area contributed by atoms with E-state index in [2.05, 4.69) is 14.9 Å². The van der Waals surface area contributed by atoms with Gasteiger partial charge in [0.2, 0.25) is 5.91 Å². The maximum Gasteiger partial charge on any atom is 0.269 e. The maximum absolute atomic E-state index is 12.4. The lowest BCUT2D eigenvalue weighted by Crippen LogP contribution is -2.24. The lowest BCUT2D eigenvalue weighted by atomic mass is 10.1. The van der Waals surface area contributed by atoms with E-state index in [1.807, 2.05) is 36.9 Å². The molecule has 2 amide bonds. The van der Waals surface area contributed by atoms with Crippen molar-refractivity contribution in [2.24, 2.45) is 0 Å². The lowest BCUT2D eigenvalue weighted by Gasteiger charge is -2.19. The Morgan fingerprint density at radius 2 is 2.25 bits per heavy atom. The predicted octanol–water partition coefficient (Wildman–Crippen LogP) is 3.18. The van der Waals surface area contributed by atoms with Gasteiger partial charge in [-0.1, -0.05) is 17.8 Å². The van der Waals surface area contributed by atoms with Crippen LogP contribution in [0.5, 0.6) is 0 Å². The molecule has 0 atom stereocenters. The number of aromatic nitrogens is 2. The van der Waals surface area contributed by atoms with Crippen molar-refractivity contribution in [3.63, 3.8) is 0 Å². The van der Waals surface area contributed by atoms with Gasteiger partial charge in [-0.05, 0) is 55.1 Å². The van der Waals surface area contributed by atoms with Crippen molar-refractivity contribution < 1.29 is 9.59 Å². The summed E-state index contributed by atoms with van der Waals surface area (Å²) in [5, 5.41) is 6.93. The van der Waals surface area contributed by atoms with Crippen LogP contribution < -0.4 is 10.2 Å². The Balaban J connectivity index is 1.76. The van der Waals surface area contributed by atoms with Crippen LogP contribution in [0.2, 0.25) is 0 Å². The second-order valence-electron chi connectivity index (χ2n) is 5.90. The van der Waals surface area contributed by atoms with Crippen LogP contribution in [0.3, 0.4) is 0 Å². The summed E-state index contributed by atoms with van der Waals surface area (Å²) in [7, 11) is 0. The Morgan fingerprint density at radius 1 is 1.42 bits per heavy atom. The summed E-state index contributed by atoms with van der Waals surface area (Å²) in [6.07, 6.45) is 3.17. The van der Waals surface area contributed by atoms with Crippen molar-refractivity contribution in [3.8, 4) is 0 Å². The fourth-order valence-electron chi connectivity index (χ4n) is 2.91. The van der Waals surface area contributed by atoms with E-state index >= 15 is 0 Å². The Labute approximate surface area is 145 Å². The molecule has 1 N–H and O–H groups in total. The third-order valence-corrected chi connectivity index (χ3v) is 4.83. The molecule has 0 bridgehead atoms. The van der Waals surface area contributed by atoms with Crippen LogP contribution in [0, 0.1) is 6.92 Å². The number of carbonyl (C=O) groups excluding carboxylic acids is 2. The van der Waals surface area contributed by atoms with Gasteiger partial charge in [0.25, 0.3) is 5.91 Å². The molecule has 0 unspecified atom stereocenters. The van der Waals surface area contributed by atoms with Crippen LogP contribution in [0.15, 0.2) is 18.2 Å². The molecule has 1 saturated heterocycles. The number of nitrogens with one attached hydrogen (secondary N) is 1. The minimum Gasteiger partial charge on any atom is -0.321 e. The minimum absolute atomic E-state index is 0.162. The number of nitrogens with zero attached hydrogens (tertiary/aromatic N) is 3. The van der Waals surface area contributed by atoms with Gasteiger partial charge >= 0.3 is 0 Å². The highest BCUT2D eigenvalue weighted by Gasteiger charge is 2.23. The predicted molar refractivity (Wildman–Crippen MR) is 94.6 cm³/mol. The van der Waals surface area contributed by atoms with Crippen LogP contribution in [0.1, 0.15) is 47.1 Å². The molecule has 1 aromatic heterocycles. The highest BCUT2D eigenvalue weighted by atomic mass is 32.1. The number of benzene rings is 1. The first-order valence-electron chi connectivity index (χ1n) is 8.13. The van der Waals surface area contributed by atoms with Crippen molar-refractivity contribution in [2.45, 2.75) is 39.5 Å². The lowest BCUT2D eigenvalue weighted by molar-refractivity contribution is -0.117. The van der Waals surface area contributed by atoms with Crippen LogP contribution >= 0.6 is 11.5 Å². The van der Waals surface area contributed by atoms with Crippen molar-refractivity contribution in [3.05, 3.63) is 34.3 Å². The zero-order valence-electron chi connectivity index (χ0n) is 13.8. The number of amides is 2. The maximum atomic E-state index is 12.4. The molecule has 2 aromatic rings. The van der Waals surface area contributed by atoms with Gasteiger partial charge in [-0.2, -0.15) is 0 Å². The average molecular weight is 344 g/mol. The number of rotatable bonds is 5. The van der Waals surface area contributed by atoms with E-state index in [0.717, 1.165) is 54.3 Å². The zero-order valence-corrected chi connectivity index (χ0v) is 14.7. The van der Waals surface area contributed by atoms with Gasteiger partial charge < -0.3 is 10.2 Å². The van der Waals surface area contributed by atoms with Gasteiger partial charge in [0.15, 0.2) is 0 Å². The Bertz CT molecular complexity index is 772. The first-order chi connectivity index (χ1) is 11.6. The van der Waals surface area contributed by atoms with Crippen LogP contribution in [0.25, 0.3) is 0 Å². The third kappa shape index (κ3) is 3.31. The van der Waals surface area contributed by atoms with Crippen molar-refractivity contribution in [1.29, 1.82) is 0 Å². The summed E-state index contributed by atoms with van der Waals surface area (Å²) in [6, 6.07) is 5.62. The topological polar surface area (TPSA) is 75.2 Å². The molecule has 0 saturated carbocycles. The molecule has 7 heteroatoms. The molecule has 1 aliphatic heterocycles. The summed E-state index contributed by atoms with van der Waals surface area (Å²) >= 11 is 1.12. The molecule has 1 fully saturated rings. The quantitative estimate of drug-likeness (QED) is 0.904. The summed E-state index contributed by atoms with van der Waals surface area (Å²) in [5.41, 5.74) is 3.35. The molecule has 126 valence electrons. The highest BCUT2D eigenvalue weighted by molar-refractivity contribution is 7.08.